The van der Waals surface area contributed by atoms with Crippen LogP contribution in [0.1, 0.15) is 43.2 Å². The van der Waals surface area contributed by atoms with E-state index in [-0.39, 0.29) is 22.7 Å². The van der Waals surface area contributed by atoms with Gasteiger partial charge in [0.25, 0.3) is 11.5 Å². The van der Waals surface area contributed by atoms with Crippen LogP contribution in [0.5, 0.6) is 5.75 Å². The van der Waals surface area contributed by atoms with Crippen molar-refractivity contribution in [2.75, 3.05) is 43.1 Å². The molecule has 0 unspecified atom stereocenters. The summed E-state index contributed by atoms with van der Waals surface area (Å²) in [6.07, 6.45) is 8.22. The number of benzene rings is 1. The van der Waals surface area contributed by atoms with E-state index >= 15 is 0 Å². The molecule has 0 bridgehead atoms. The van der Waals surface area contributed by atoms with Crippen molar-refractivity contribution in [1.82, 2.24) is 14.7 Å². The number of carbonyl (C=O) groups excluding carboxylic acids is 1. The summed E-state index contributed by atoms with van der Waals surface area (Å²) in [7, 11) is 1.65. The van der Waals surface area contributed by atoms with Crippen molar-refractivity contribution < 1.29 is 9.53 Å². The second-order valence-corrected chi connectivity index (χ2v) is 10.2. The van der Waals surface area contributed by atoms with Crippen molar-refractivity contribution in [1.29, 1.82) is 5.26 Å². The quantitative estimate of drug-likeness (QED) is 0.386. The number of pyridine rings is 1. The Morgan fingerprint density at radius 2 is 1.77 bits per heavy atom. The first-order valence-electron chi connectivity index (χ1n) is 13.6. The van der Waals surface area contributed by atoms with Gasteiger partial charge in [0.2, 0.25) is 0 Å². The van der Waals surface area contributed by atoms with E-state index in [2.05, 4.69) is 15.1 Å². The third kappa shape index (κ3) is 5.60. The van der Waals surface area contributed by atoms with Gasteiger partial charge in [-0.05, 0) is 61.7 Å². The number of aromatic nitrogens is 2. The SMILES string of the molecule is COc1ccc(N2CCN(c3nc4c(C)cccn4c(=O)c3C=C(C#N)C(=O)NC3CCCCC3)CC2)cc1. The molecule has 1 aliphatic heterocycles. The molecular formula is C30H34N6O3. The molecule has 0 spiro atoms. The van der Waals surface area contributed by atoms with Gasteiger partial charge in [-0.2, -0.15) is 5.26 Å². The predicted molar refractivity (Wildman–Crippen MR) is 152 cm³/mol. The van der Waals surface area contributed by atoms with Crippen LogP contribution in [0.25, 0.3) is 11.7 Å². The van der Waals surface area contributed by atoms with E-state index in [0.29, 0.717) is 24.6 Å². The minimum absolute atomic E-state index is 0.0620. The average molecular weight is 527 g/mol. The highest BCUT2D eigenvalue weighted by atomic mass is 16.5. The van der Waals surface area contributed by atoms with Crippen molar-refractivity contribution in [3.63, 3.8) is 0 Å². The molecule has 3 aromatic rings. The Labute approximate surface area is 228 Å². The van der Waals surface area contributed by atoms with Crippen molar-refractivity contribution in [2.45, 2.75) is 45.1 Å². The number of amides is 1. The van der Waals surface area contributed by atoms with Gasteiger partial charge in [0.05, 0.1) is 12.7 Å². The van der Waals surface area contributed by atoms with Crippen LogP contribution in [0.2, 0.25) is 0 Å². The third-order valence-electron chi connectivity index (χ3n) is 7.68. The minimum Gasteiger partial charge on any atom is -0.497 e. The van der Waals surface area contributed by atoms with Crippen molar-refractivity contribution >= 4 is 29.1 Å². The van der Waals surface area contributed by atoms with Crippen LogP contribution in [0, 0.1) is 18.3 Å². The molecule has 1 aromatic carbocycles. The molecule has 1 N–H and O–H groups in total. The van der Waals surface area contributed by atoms with Gasteiger partial charge in [-0.3, -0.25) is 14.0 Å². The average Bonchev–Trinajstić information content (AvgIpc) is 2.97. The van der Waals surface area contributed by atoms with Crippen LogP contribution in [-0.2, 0) is 4.79 Å². The first-order chi connectivity index (χ1) is 19.0. The highest BCUT2D eigenvalue weighted by Gasteiger charge is 2.25. The van der Waals surface area contributed by atoms with Crippen LogP contribution in [-0.4, -0.2) is 54.6 Å². The molecule has 5 rings (SSSR count). The van der Waals surface area contributed by atoms with Crippen LogP contribution in [0.3, 0.4) is 0 Å². The topological polar surface area (TPSA) is 103 Å². The third-order valence-corrected chi connectivity index (χ3v) is 7.68. The number of rotatable bonds is 6. The highest BCUT2D eigenvalue weighted by molar-refractivity contribution is 6.02. The van der Waals surface area contributed by atoms with Gasteiger partial charge in [-0.1, -0.05) is 25.3 Å². The zero-order valence-corrected chi connectivity index (χ0v) is 22.5. The summed E-state index contributed by atoms with van der Waals surface area (Å²) in [6, 6.07) is 13.8. The Kier molecular flexibility index (Phi) is 7.82. The zero-order valence-electron chi connectivity index (χ0n) is 22.5. The van der Waals surface area contributed by atoms with Gasteiger partial charge in [0, 0.05) is 44.1 Å². The Bertz CT molecular complexity index is 1470. The first kappa shape index (κ1) is 26.3. The van der Waals surface area contributed by atoms with E-state index in [9.17, 15) is 14.9 Å². The number of aryl methyl sites for hydroxylation is 1. The fourth-order valence-corrected chi connectivity index (χ4v) is 5.44. The van der Waals surface area contributed by atoms with Crippen LogP contribution in [0.15, 0.2) is 53.0 Å². The number of nitrogens with zero attached hydrogens (tertiary/aromatic N) is 5. The molecule has 0 atom stereocenters. The highest BCUT2D eigenvalue weighted by Crippen LogP contribution is 2.25. The fraction of sp³-hybridized carbons (Fsp3) is 0.400. The van der Waals surface area contributed by atoms with Gasteiger partial charge in [-0.15, -0.1) is 0 Å². The number of hydrogen-bond donors (Lipinski definition) is 1. The number of piperazine rings is 1. The number of anilines is 2. The molecule has 0 radical (unpaired) electrons. The molecule has 39 heavy (non-hydrogen) atoms. The lowest BCUT2D eigenvalue weighted by molar-refractivity contribution is -0.117. The number of hydrogen-bond acceptors (Lipinski definition) is 7. The lowest BCUT2D eigenvalue weighted by Gasteiger charge is -2.37. The van der Waals surface area contributed by atoms with E-state index in [1.807, 2.05) is 43.3 Å². The summed E-state index contributed by atoms with van der Waals surface area (Å²) in [4.78, 5) is 36.1. The lowest BCUT2D eigenvalue weighted by atomic mass is 9.95. The summed E-state index contributed by atoms with van der Waals surface area (Å²) < 4.78 is 6.77. The molecule has 2 aromatic heterocycles. The smallest absolute Gasteiger partial charge is 0.267 e. The first-order valence-corrected chi connectivity index (χ1v) is 13.6. The summed E-state index contributed by atoms with van der Waals surface area (Å²) >= 11 is 0. The van der Waals surface area contributed by atoms with Gasteiger partial charge in [-0.25, -0.2) is 4.98 Å². The molecule has 1 amide bonds. The largest absolute Gasteiger partial charge is 0.497 e. The second-order valence-electron chi connectivity index (χ2n) is 10.2. The molecule has 2 fully saturated rings. The van der Waals surface area contributed by atoms with Crippen molar-refractivity contribution in [3.8, 4) is 11.8 Å². The Hall–Kier alpha value is -4.32. The number of carbonyl (C=O) groups is 1. The molecule has 1 aliphatic carbocycles. The fourth-order valence-electron chi connectivity index (χ4n) is 5.44. The van der Waals surface area contributed by atoms with E-state index in [4.69, 9.17) is 9.72 Å². The maximum Gasteiger partial charge on any atom is 0.267 e. The Morgan fingerprint density at radius 3 is 2.44 bits per heavy atom. The van der Waals surface area contributed by atoms with E-state index in [1.54, 1.807) is 19.4 Å². The molecular weight excluding hydrogens is 492 g/mol. The number of nitriles is 1. The zero-order chi connectivity index (χ0) is 27.4. The number of fused-ring (bicyclic) bond motifs is 1. The van der Waals surface area contributed by atoms with Crippen LogP contribution in [0.4, 0.5) is 11.5 Å². The van der Waals surface area contributed by atoms with Gasteiger partial charge >= 0.3 is 0 Å². The molecule has 2 aliphatic rings. The van der Waals surface area contributed by atoms with E-state index < -0.39 is 5.91 Å². The number of methoxy groups -OCH3 is 1. The summed E-state index contributed by atoms with van der Waals surface area (Å²) in [5, 5.41) is 12.9. The normalized spacial score (nSPS) is 16.7. The number of ether oxygens (including phenoxy) is 1. The maximum atomic E-state index is 13.7. The second kappa shape index (κ2) is 11.6. The lowest BCUT2D eigenvalue weighted by Crippen LogP contribution is -2.47. The van der Waals surface area contributed by atoms with Gasteiger partial charge in [0.1, 0.15) is 28.9 Å². The Balaban J connectivity index is 1.47. The van der Waals surface area contributed by atoms with Gasteiger partial charge in [0.15, 0.2) is 0 Å². The van der Waals surface area contributed by atoms with Crippen LogP contribution >= 0.6 is 0 Å². The van der Waals surface area contributed by atoms with E-state index in [1.165, 1.54) is 16.9 Å². The molecule has 9 heteroatoms. The minimum atomic E-state index is -0.437. The summed E-state index contributed by atoms with van der Waals surface area (Å²) in [5.41, 5.74) is 2.42. The molecule has 1 saturated carbocycles. The molecule has 1 saturated heterocycles. The van der Waals surface area contributed by atoms with Crippen molar-refractivity contribution in [3.05, 3.63) is 69.6 Å². The standard InChI is InChI=1S/C30H34N6O3/c1-21-7-6-14-36-27(21)33-28(35-17-15-34(16-18-35)24-10-12-25(39-2)13-11-24)26(30(36)38)19-22(20-31)29(37)32-23-8-4-3-5-9-23/h6-7,10-14,19,23H,3-5,8-9,15-18H2,1-2H3,(H,32,37). The van der Waals surface area contributed by atoms with E-state index in [0.717, 1.165) is 55.8 Å². The molecule has 202 valence electrons. The predicted octanol–water partition coefficient (Wildman–Crippen LogP) is 3.69. The summed E-state index contributed by atoms with van der Waals surface area (Å²) in [5.74, 6) is 0.876. The summed E-state index contributed by atoms with van der Waals surface area (Å²) in [6.45, 7) is 4.66. The Morgan fingerprint density at radius 1 is 1.08 bits per heavy atom. The monoisotopic (exact) mass is 526 g/mol. The van der Waals surface area contributed by atoms with Crippen LogP contribution < -0.4 is 25.4 Å². The van der Waals surface area contributed by atoms with Crippen molar-refractivity contribution in [2.24, 2.45) is 0 Å². The molecule has 9 nitrogen and oxygen atoms in total. The van der Waals surface area contributed by atoms with Gasteiger partial charge < -0.3 is 19.9 Å². The number of nitrogens with one attached hydrogen (secondary N) is 1. The molecule has 3 heterocycles. The maximum absolute atomic E-state index is 13.7.